The summed E-state index contributed by atoms with van der Waals surface area (Å²) in [5.74, 6) is 1.12. The van der Waals surface area contributed by atoms with Crippen molar-refractivity contribution in [2.24, 2.45) is 4.99 Å². The molecule has 3 aliphatic rings. The first-order chi connectivity index (χ1) is 14.9. The molecule has 158 valence electrons. The number of amides is 3. The van der Waals surface area contributed by atoms with Gasteiger partial charge in [-0.1, -0.05) is 29.8 Å². The monoisotopic (exact) mass is 417 g/mol. The van der Waals surface area contributed by atoms with Crippen LogP contribution >= 0.6 is 0 Å². The first kappa shape index (κ1) is 19.2. The second kappa shape index (κ2) is 6.87. The number of likely N-dealkylation sites (N-methyl/N-ethyl adjacent to an activating group) is 2. The van der Waals surface area contributed by atoms with Gasteiger partial charge in [-0.2, -0.15) is 0 Å². The van der Waals surface area contributed by atoms with Gasteiger partial charge in [0.2, 0.25) is 5.96 Å². The Bertz CT molecular complexity index is 1120. The Morgan fingerprint density at radius 2 is 1.65 bits per heavy atom. The minimum absolute atomic E-state index is 0.261. The van der Waals surface area contributed by atoms with Gasteiger partial charge in [0.1, 0.15) is 5.75 Å². The van der Waals surface area contributed by atoms with Gasteiger partial charge in [0.25, 0.3) is 5.91 Å². The molecule has 2 atom stereocenters. The van der Waals surface area contributed by atoms with E-state index in [2.05, 4.69) is 24.3 Å². The number of aryl methyl sites for hydroxylation is 1. The summed E-state index contributed by atoms with van der Waals surface area (Å²) >= 11 is 0. The number of benzene rings is 2. The number of anilines is 1. The first-order valence-electron chi connectivity index (χ1n) is 10.0. The maximum Gasteiger partial charge on any atom is 0.328 e. The van der Waals surface area contributed by atoms with E-state index in [9.17, 15) is 9.59 Å². The summed E-state index contributed by atoms with van der Waals surface area (Å²) in [5, 5.41) is 0. The number of rotatable bonds is 3. The largest absolute Gasteiger partial charge is 0.497 e. The summed E-state index contributed by atoms with van der Waals surface area (Å²) in [5.41, 5.74) is 3.98. The number of urea groups is 1. The van der Waals surface area contributed by atoms with Crippen molar-refractivity contribution in [3.8, 4) is 5.75 Å². The van der Waals surface area contributed by atoms with Crippen molar-refractivity contribution >= 4 is 29.3 Å². The zero-order valence-electron chi connectivity index (χ0n) is 17.8. The van der Waals surface area contributed by atoms with Crippen LogP contribution in [0.1, 0.15) is 11.1 Å². The highest BCUT2D eigenvalue weighted by atomic mass is 16.5. The molecule has 0 saturated carbocycles. The first-order valence-corrected chi connectivity index (χ1v) is 10.0. The molecule has 31 heavy (non-hydrogen) atoms. The molecular weight excluding hydrogens is 394 g/mol. The molecule has 1 saturated heterocycles. The van der Waals surface area contributed by atoms with E-state index < -0.39 is 12.2 Å². The van der Waals surface area contributed by atoms with Gasteiger partial charge in [-0.3, -0.25) is 19.5 Å². The van der Waals surface area contributed by atoms with Crippen molar-refractivity contribution in [1.29, 1.82) is 0 Å². The van der Waals surface area contributed by atoms with Crippen molar-refractivity contribution < 1.29 is 14.3 Å². The molecule has 3 aliphatic heterocycles. The molecule has 3 heterocycles. The number of fused-ring (bicyclic) bond motifs is 3. The lowest BCUT2D eigenvalue weighted by Gasteiger charge is -2.38. The molecule has 0 radical (unpaired) electrons. The van der Waals surface area contributed by atoms with Crippen LogP contribution < -0.4 is 9.64 Å². The van der Waals surface area contributed by atoms with Crippen LogP contribution in [0.25, 0.3) is 5.70 Å². The molecule has 0 aromatic heterocycles. The van der Waals surface area contributed by atoms with Gasteiger partial charge in [0.15, 0.2) is 12.2 Å². The van der Waals surface area contributed by atoms with Gasteiger partial charge in [0, 0.05) is 31.5 Å². The third-order valence-corrected chi connectivity index (χ3v) is 6.01. The molecule has 3 amide bonds. The number of guanidine groups is 1. The summed E-state index contributed by atoms with van der Waals surface area (Å²) < 4.78 is 5.30. The van der Waals surface area contributed by atoms with Gasteiger partial charge in [0.05, 0.1) is 12.8 Å². The topological polar surface area (TPSA) is 68.7 Å². The second-order valence-corrected chi connectivity index (χ2v) is 7.90. The molecule has 0 aliphatic carbocycles. The molecule has 2 aromatic rings. The van der Waals surface area contributed by atoms with Crippen molar-refractivity contribution in [3.05, 3.63) is 65.9 Å². The second-order valence-electron chi connectivity index (χ2n) is 7.90. The van der Waals surface area contributed by atoms with Crippen molar-refractivity contribution in [2.75, 3.05) is 26.1 Å². The van der Waals surface area contributed by atoms with E-state index in [1.165, 1.54) is 17.5 Å². The van der Waals surface area contributed by atoms with Crippen LogP contribution in [-0.2, 0) is 4.79 Å². The Hall–Kier alpha value is -3.81. The van der Waals surface area contributed by atoms with Crippen LogP contribution in [0.2, 0.25) is 0 Å². The fourth-order valence-corrected chi connectivity index (χ4v) is 4.23. The Labute approximate surface area is 180 Å². The van der Waals surface area contributed by atoms with Crippen LogP contribution in [0.3, 0.4) is 0 Å². The predicted molar refractivity (Wildman–Crippen MR) is 117 cm³/mol. The van der Waals surface area contributed by atoms with E-state index >= 15 is 0 Å². The third-order valence-electron chi connectivity index (χ3n) is 6.01. The van der Waals surface area contributed by atoms with Gasteiger partial charge in [-0.25, -0.2) is 9.79 Å². The van der Waals surface area contributed by atoms with Crippen LogP contribution in [0.4, 0.5) is 10.5 Å². The zero-order chi connectivity index (χ0) is 21.9. The van der Waals surface area contributed by atoms with Crippen LogP contribution in [-0.4, -0.2) is 66.0 Å². The van der Waals surface area contributed by atoms with Crippen LogP contribution in [0.15, 0.2) is 59.7 Å². The minimum Gasteiger partial charge on any atom is -0.497 e. The Morgan fingerprint density at radius 3 is 2.29 bits per heavy atom. The smallest absolute Gasteiger partial charge is 0.328 e. The molecule has 2 unspecified atom stereocenters. The molecule has 8 nitrogen and oxygen atoms in total. The van der Waals surface area contributed by atoms with E-state index in [0.29, 0.717) is 5.96 Å². The van der Waals surface area contributed by atoms with Crippen LogP contribution in [0, 0.1) is 6.92 Å². The molecule has 0 N–H and O–H groups in total. The van der Waals surface area contributed by atoms with E-state index in [-0.39, 0.29) is 11.9 Å². The third kappa shape index (κ3) is 2.78. The quantitative estimate of drug-likeness (QED) is 0.768. The number of aliphatic imine (C=N–C) groups is 1. The minimum atomic E-state index is -0.591. The summed E-state index contributed by atoms with van der Waals surface area (Å²) in [7, 11) is 4.82. The number of nitrogens with zero attached hydrogens (tertiary/aromatic N) is 5. The predicted octanol–water partition coefficient (Wildman–Crippen LogP) is 2.71. The zero-order valence-corrected chi connectivity index (χ0v) is 17.8. The van der Waals surface area contributed by atoms with Gasteiger partial charge < -0.3 is 9.64 Å². The van der Waals surface area contributed by atoms with Crippen LogP contribution in [0.5, 0.6) is 5.75 Å². The molecule has 2 aromatic carbocycles. The van der Waals surface area contributed by atoms with E-state index in [0.717, 1.165) is 27.6 Å². The van der Waals surface area contributed by atoms with Gasteiger partial charge in [-0.05, 0) is 31.2 Å². The SMILES string of the molecule is COc1ccc(N2C(c3ccc(C)cc3)=CN3C2=NC2C3C(=O)N(C)C(=O)N2C)cc1. The highest BCUT2D eigenvalue weighted by Crippen LogP contribution is 2.40. The maximum absolute atomic E-state index is 13.0. The number of carbonyl (C=O) groups is 2. The molecule has 1 fully saturated rings. The Kier molecular flexibility index (Phi) is 4.25. The standard InChI is InChI=1S/C23H23N5O3/c1-14-5-7-15(8-6-14)18-13-27-19-20(25(2)23(30)26(3)21(19)29)24-22(27)28(18)16-9-11-17(31-4)12-10-16/h5-13,19-20H,1-4H3. The summed E-state index contributed by atoms with van der Waals surface area (Å²) in [6.45, 7) is 2.05. The lowest BCUT2D eigenvalue weighted by molar-refractivity contribution is -0.135. The highest BCUT2D eigenvalue weighted by Gasteiger charge is 2.54. The summed E-state index contributed by atoms with van der Waals surface area (Å²) in [6.07, 6.45) is 1.39. The fraction of sp³-hybridized carbons (Fsp3) is 0.261. The number of imide groups is 1. The summed E-state index contributed by atoms with van der Waals surface area (Å²) in [4.78, 5) is 36.9. The molecule has 0 spiro atoms. The average Bonchev–Trinajstić information content (AvgIpc) is 3.33. The van der Waals surface area contributed by atoms with Gasteiger partial charge in [-0.15, -0.1) is 0 Å². The maximum atomic E-state index is 13.0. The lowest BCUT2D eigenvalue weighted by Crippen LogP contribution is -2.63. The molecule has 5 rings (SSSR count). The average molecular weight is 417 g/mol. The van der Waals surface area contributed by atoms with Crippen molar-refractivity contribution in [2.45, 2.75) is 19.1 Å². The van der Waals surface area contributed by atoms with Crippen molar-refractivity contribution in [3.63, 3.8) is 0 Å². The van der Waals surface area contributed by atoms with E-state index in [1.54, 1.807) is 14.2 Å². The van der Waals surface area contributed by atoms with Gasteiger partial charge >= 0.3 is 6.03 Å². The van der Waals surface area contributed by atoms with E-state index in [1.807, 2.05) is 47.2 Å². The number of carbonyl (C=O) groups excluding carboxylic acids is 2. The molecular formula is C23H23N5O3. The summed E-state index contributed by atoms with van der Waals surface area (Å²) in [6, 6.07) is 15.0. The highest BCUT2D eigenvalue weighted by molar-refractivity contribution is 6.16. The number of methoxy groups -OCH3 is 1. The van der Waals surface area contributed by atoms with E-state index in [4.69, 9.17) is 9.73 Å². The number of hydrogen-bond donors (Lipinski definition) is 0. The normalized spacial score (nSPS) is 22.5. The Morgan fingerprint density at radius 1 is 0.968 bits per heavy atom. The number of hydrogen-bond acceptors (Lipinski definition) is 6. The lowest BCUT2D eigenvalue weighted by atomic mass is 10.1. The fourth-order valence-electron chi connectivity index (χ4n) is 4.23. The Balaban J connectivity index is 1.63. The molecule has 0 bridgehead atoms. The van der Waals surface area contributed by atoms with Crippen molar-refractivity contribution in [1.82, 2.24) is 14.7 Å². The number of ether oxygens (including phenoxy) is 1. The molecule has 8 heteroatoms.